The predicted octanol–water partition coefficient (Wildman–Crippen LogP) is 0.447. The molecule has 2 fully saturated rings. The minimum absolute atomic E-state index is 0.0428. The van der Waals surface area contributed by atoms with Gasteiger partial charge in [0.05, 0.1) is 6.26 Å². The minimum Gasteiger partial charge on any atom is -0.486 e. The molecule has 1 atom stereocenters. The number of likely N-dealkylation sites (tertiary alicyclic amines) is 1. The zero-order valence-corrected chi connectivity index (χ0v) is 17.4. The van der Waals surface area contributed by atoms with Gasteiger partial charge in [-0.1, -0.05) is 6.07 Å². The van der Waals surface area contributed by atoms with Gasteiger partial charge in [-0.05, 0) is 17.7 Å². The molecule has 5 rings (SSSR count). The standard InChI is InChI=1S/C19H25N5O4S/c1-22-13-20-21-18(22)15-9-24(29(2,25)26)12-19(15)10-23(11-19)8-14-3-4-16-17(7-14)28-6-5-27-16/h3-4,7,13,15H,5-6,8-12H2,1-2H3. The zero-order valence-electron chi connectivity index (χ0n) is 16.6. The molecule has 0 amide bonds. The van der Waals surface area contributed by atoms with Gasteiger partial charge in [-0.25, -0.2) is 12.7 Å². The number of aromatic nitrogens is 3. The van der Waals surface area contributed by atoms with E-state index in [2.05, 4.69) is 21.2 Å². The van der Waals surface area contributed by atoms with Gasteiger partial charge in [0.1, 0.15) is 25.4 Å². The molecule has 4 heterocycles. The number of benzene rings is 1. The SMILES string of the molecule is Cn1cnnc1C1CN(S(C)(=O)=O)CC12CN(Cc1ccc3c(c1)OCCO3)C2. The molecule has 0 N–H and O–H groups in total. The van der Waals surface area contributed by atoms with Gasteiger partial charge in [0.2, 0.25) is 10.0 Å². The maximum absolute atomic E-state index is 12.2. The highest BCUT2D eigenvalue weighted by atomic mass is 32.2. The first-order chi connectivity index (χ1) is 13.8. The highest BCUT2D eigenvalue weighted by Crippen LogP contribution is 2.49. The molecule has 0 radical (unpaired) electrons. The summed E-state index contributed by atoms with van der Waals surface area (Å²) < 4.78 is 39.2. The monoisotopic (exact) mass is 419 g/mol. The first-order valence-corrected chi connectivity index (χ1v) is 11.6. The third kappa shape index (κ3) is 3.28. The van der Waals surface area contributed by atoms with Crippen molar-refractivity contribution in [3.63, 3.8) is 0 Å². The molecule has 156 valence electrons. The lowest BCUT2D eigenvalue weighted by atomic mass is 9.71. The summed E-state index contributed by atoms with van der Waals surface area (Å²) in [6.07, 6.45) is 2.96. The predicted molar refractivity (Wildman–Crippen MR) is 105 cm³/mol. The highest BCUT2D eigenvalue weighted by molar-refractivity contribution is 7.88. The van der Waals surface area contributed by atoms with Crippen molar-refractivity contribution in [1.29, 1.82) is 0 Å². The van der Waals surface area contributed by atoms with Gasteiger partial charge in [0, 0.05) is 51.1 Å². The average molecular weight is 420 g/mol. The quantitative estimate of drug-likeness (QED) is 0.711. The molecule has 3 aliphatic rings. The fourth-order valence-electron chi connectivity index (χ4n) is 4.86. The molecule has 2 saturated heterocycles. The van der Waals surface area contributed by atoms with Crippen molar-refractivity contribution in [2.75, 3.05) is 45.6 Å². The van der Waals surface area contributed by atoms with Gasteiger partial charge in [-0.2, -0.15) is 0 Å². The number of aryl methyl sites for hydroxylation is 1. The third-order valence-electron chi connectivity index (χ3n) is 6.23. The summed E-state index contributed by atoms with van der Waals surface area (Å²) in [6, 6.07) is 6.07. The number of rotatable bonds is 4. The number of nitrogens with zero attached hydrogens (tertiary/aromatic N) is 5. The van der Waals surface area contributed by atoms with Crippen LogP contribution in [0.4, 0.5) is 0 Å². The summed E-state index contributed by atoms with van der Waals surface area (Å²) in [5.41, 5.74) is 1.04. The minimum atomic E-state index is -3.25. The van der Waals surface area contributed by atoms with Crippen LogP contribution in [0.5, 0.6) is 11.5 Å². The Morgan fingerprint density at radius 1 is 1.17 bits per heavy atom. The molecule has 3 aliphatic heterocycles. The molecule has 1 unspecified atom stereocenters. The molecule has 1 spiro atoms. The van der Waals surface area contributed by atoms with Gasteiger partial charge in [-0.15, -0.1) is 10.2 Å². The summed E-state index contributed by atoms with van der Waals surface area (Å²) >= 11 is 0. The van der Waals surface area contributed by atoms with E-state index >= 15 is 0 Å². The molecular weight excluding hydrogens is 394 g/mol. The second kappa shape index (κ2) is 6.68. The molecule has 1 aromatic heterocycles. The topological polar surface area (TPSA) is 89.8 Å². The van der Waals surface area contributed by atoms with E-state index in [1.165, 1.54) is 6.26 Å². The fourth-order valence-corrected chi connectivity index (χ4v) is 5.77. The Kier molecular flexibility index (Phi) is 4.34. The van der Waals surface area contributed by atoms with Crippen molar-refractivity contribution in [1.82, 2.24) is 24.0 Å². The normalized spacial score (nSPS) is 24.0. The van der Waals surface area contributed by atoms with E-state index in [1.54, 1.807) is 10.6 Å². The van der Waals surface area contributed by atoms with E-state index in [4.69, 9.17) is 9.47 Å². The van der Waals surface area contributed by atoms with Crippen molar-refractivity contribution in [2.45, 2.75) is 12.5 Å². The largest absolute Gasteiger partial charge is 0.486 e. The molecule has 2 aromatic rings. The van der Waals surface area contributed by atoms with Crippen molar-refractivity contribution in [3.05, 3.63) is 35.9 Å². The Morgan fingerprint density at radius 3 is 2.62 bits per heavy atom. The van der Waals surface area contributed by atoms with Crippen molar-refractivity contribution >= 4 is 10.0 Å². The smallest absolute Gasteiger partial charge is 0.211 e. The molecular formula is C19H25N5O4S. The molecule has 1 aromatic carbocycles. The summed E-state index contributed by atoms with van der Waals surface area (Å²) in [7, 11) is -1.33. The molecule has 0 aliphatic carbocycles. The van der Waals surface area contributed by atoms with E-state index < -0.39 is 10.0 Å². The fraction of sp³-hybridized carbons (Fsp3) is 0.579. The Morgan fingerprint density at radius 2 is 1.93 bits per heavy atom. The molecule has 0 bridgehead atoms. The Balaban J connectivity index is 1.34. The van der Waals surface area contributed by atoms with Crippen LogP contribution in [0, 0.1) is 5.41 Å². The van der Waals surface area contributed by atoms with Crippen LogP contribution in [-0.2, 0) is 23.6 Å². The lowest BCUT2D eigenvalue weighted by Crippen LogP contribution is -2.59. The molecule has 9 nitrogen and oxygen atoms in total. The lowest BCUT2D eigenvalue weighted by Gasteiger charge is -2.50. The first-order valence-electron chi connectivity index (χ1n) is 9.74. The molecule has 0 saturated carbocycles. The first kappa shape index (κ1) is 18.8. The van der Waals surface area contributed by atoms with Gasteiger partial charge in [0.25, 0.3) is 0 Å². The van der Waals surface area contributed by atoms with E-state index in [1.807, 2.05) is 23.7 Å². The van der Waals surface area contributed by atoms with Crippen LogP contribution in [0.15, 0.2) is 24.5 Å². The Labute approximate surface area is 170 Å². The number of hydrogen-bond acceptors (Lipinski definition) is 7. The number of sulfonamides is 1. The van der Waals surface area contributed by atoms with Crippen LogP contribution in [0.1, 0.15) is 17.3 Å². The third-order valence-corrected chi connectivity index (χ3v) is 7.45. The second-order valence-corrected chi connectivity index (χ2v) is 10.4. The molecule has 10 heteroatoms. The van der Waals surface area contributed by atoms with E-state index in [0.29, 0.717) is 26.3 Å². The van der Waals surface area contributed by atoms with Gasteiger partial charge in [-0.3, -0.25) is 4.90 Å². The van der Waals surface area contributed by atoms with Crippen LogP contribution < -0.4 is 9.47 Å². The Bertz CT molecular complexity index is 1030. The molecule has 29 heavy (non-hydrogen) atoms. The number of fused-ring (bicyclic) bond motifs is 1. The number of ether oxygens (including phenoxy) is 2. The van der Waals surface area contributed by atoms with Crippen molar-refractivity contribution in [3.8, 4) is 11.5 Å². The Hall–Kier alpha value is -2.17. The second-order valence-electron chi connectivity index (χ2n) is 8.39. The maximum Gasteiger partial charge on any atom is 0.211 e. The van der Waals surface area contributed by atoms with Crippen molar-refractivity contribution < 1.29 is 17.9 Å². The zero-order chi connectivity index (χ0) is 20.2. The maximum atomic E-state index is 12.2. The summed E-state index contributed by atoms with van der Waals surface area (Å²) in [4.78, 5) is 2.35. The van der Waals surface area contributed by atoms with Gasteiger partial charge in [0.15, 0.2) is 11.5 Å². The summed E-state index contributed by atoms with van der Waals surface area (Å²) in [5, 5.41) is 8.30. The van der Waals surface area contributed by atoms with Crippen LogP contribution in [-0.4, -0.2) is 78.0 Å². The van der Waals surface area contributed by atoms with Crippen LogP contribution in [0.2, 0.25) is 0 Å². The van der Waals surface area contributed by atoms with Crippen LogP contribution in [0.3, 0.4) is 0 Å². The lowest BCUT2D eigenvalue weighted by molar-refractivity contribution is -0.00798. The van der Waals surface area contributed by atoms with Crippen LogP contribution in [0.25, 0.3) is 0 Å². The van der Waals surface area contributed by atoms with E-state index in [9.17, 15) is 8.42 Å². The van der Waals surface area contributed by atoms with Gasteiger partial charge < -0.3 is 14.0 Å². The number of hydrogen-bond donors (Lipinski definition) is 0. The van der Waals surface area contributed by atoms with E-state index in [-0.39, 0.29) is 11.3 Å². The highest BCUT2D eigenvalue weighted by Gasteiger charge is 2.57. The van der Waals surface area contributed by atoms with Crippen molar-refractivity contribution in [2.24, 2.45) is 12.5 Å². The van der Waals surface area contributed by atoms with E-state index in [0.717, 1.165) is 42.5 Å². The average Bonchev–Trinajstić information content (AvgIpc) is 3.24. The van der Waals surface area contributed by atoms with Gasteiger partial charge >= 0.3 is 0 Å². The summed E-state index contributed by atoms with van der Waals surface area (Å²) in [5.74, 6) is 2.49. The summed E-state index contributed by atoms with van der Waals surface area (Å²) in [6.45, 7) is 4.59. The van der Waals surface area contributed by atoms with Crippen LogP contribution >= 0.6 is 0 Å².